The summed E-state index contributed by atoms with van der Waals surface area (Å²) in [6.45, 7) is 53.5. The molecule has 0 aromatic rings. The van der Waals surface area contributed by atoms with Crippen molar-refractivity contribution in [3.63, 3.8) is 0 Å². The number of imide groups is 4. The molecule has 8 amide bonds. The average Bonchev–Trinajstić information content (AvgIpc) is 2.78. The van der Waals surface area contributed by atoms with Gasteiger partial charge in [0.2, 0.25) is 47.3 Å². The average molecular weight is 1130 g/mol. The van der Waals surface area contributed by atoms with Crippen molar-refractivity contribution >= 4 is 47.3 Å². The molecule has 8 rings (SSSR count). The van der Waals surface area contributed by atoms with E-state index in [1.807, 2.05) is 78.0 Å². The lowest BCUT2D eigenvalue weighted by molar-refractivity contribution is -0.143. The second-order valence-electron chi connectivity index (χ2n) is 23.5. The number of carbonyl (C=O) groups excluding carboxylic acids is 8. The van der Waals surface area contributed by atoms with Gasteiger partial charge in [-0.15, -0.1) is 52.6 Å². The van der Waals surface area contributed by atoms with Crippen molar-refractivity contribution in [1.29, 1.82) is 0 Å². The fourth-order valence-electron chi connectivity index (χ4n) is 14.9. The van der Waals surface area contributed by atoms with Crippen molar-refractivity contribution in [3.05, 3.63) is 135 Å². The molecule has 0 aromatic carbocycles. The molecule has 0 bridgehead atoms. The van der Waals surface area contributed by atoms with Gasteiger partial charge in [-0.05, 0) is 58.3 Å². The van der Waals surface area contributed by atoms with Gasteiger partial charge in [0.1, 0.15) is 0 Å². The molecule has 5 saturated heterocycles. The van der Waals surface area contributed by atoms with Gasteiger partial charge in [0.15, 0.2) is 0 Å². The number of hydrogen-bond donors (Lipinski definition) is 0. The van der Waals surface area contributed by atoms with E-state index in [0.29, 0.717) is 32.1 Å². The van der Waals surface area contributed by atoms with E-state index in [0.717, 1.165) is 68.1 Å². The molecule has 3 aliphatic carbocycles. The van der Waals surface area contributed by atoms with Crippen molar-refractivity contribution < 1.29 is 43.1 Å². The fourth-order valence-corrected chi connectivity index (χ4v) is 14.9. The topological polar surface area (TPSA) is 159 Å². The molecule has 8 fully saturated rings. The Labute approximate surface area is 490 Å². The van der Waals surface area contributed by atoms with Crippen LogP contribution in [0.3, 0.4) is 0 Å². The van der Waals surface area contributed by atoms with E-state index in [1.54, 1.807) is 12.2 Å². The maximum Gasteiger partial charge on any atom is 0.236 e. The van der Waals surface area contributed by atoms with Crippen LogP contribution in [0.5, 0.6) is 0 Å². The Balaban J connectivity index is 0.000000202. The molecule has 82 heavy (non-hydrogen) atoms. The molecule has 16 atom stereocenters. The number of likely N-dealkylation sites (tertiary alicyclic amines) is 4. The molecule has 0 spiro atoms. The van der Waals surface area contributed by atoms with Gasteiger partial charge < -0.3 is 4.74 Å². The van der Waals surface area contributed by atoms with Gasteiger partial charge in [0.05, 0.1) is 59.6 Å². The molecule has 3 saturated carbocycles. The molecule has 5 heterocycles. The number of nitrogens with zero attached hydrogens (tertiary/aromatic N) is 4. The van der Waals surface area contributed by atoms with Gasteiger partial charge in [-0.25, -0.2) is 0 Å². The third kappa shape index (κ3) is 12.0. The van der Waals surface area contributed by atoms with Crippen LogP contribution in [0, 0.1) is 88.8 Å². The van der Waals surface area contributed by atoms with Crippen molar-refractivity contribution in [2.45, 2.75) is 133 Å². The number of allylic oxidation sites excluding steroid dienone is 12. The first-order valence-electron chi connectivity index (χ1n) is 30.4. The molecule has 0 N–H and O–H groups in total. The predicted octanol–water partition coefficient (Wildman–Crippen LogP) is 11.8. The summed E-state index contributed by atoms with van der Waals surface area (Å²) in [4.78, 5) is 106. The lowest BCUT2D eigenvalue weighted by Gasteiger charge is -2.23. The largest absolute Gasteiger partial charge is 0.365 e. The maximum absolute atomic E-state index is 12.9. The molecule has 8 aliphatic rings. The van der Waals surface area contributed by atoms with E-state index in [-0.39, 0.29) is 130 Å². The lowest BCUT2D eigenvalue weighted by Crippen LogP contribution is -2.35. The maximum atomic E-state index is 12.9. The zero-order valence-corrected chi connectivity index (χ0v) is 51.1. The van der Waals surface area contributed by atoms with Crippen molar-refractivity contribution in [3.8, 4) is 0 Å². The van der Waals surface area contributed by atoms with Crippen LogP contribution in [-0.4, -0.2) is 105 Å². The first-order valence-corrected chi connectivity index (χ1v) is 30.4. The van der Waals surface area contributed by atoms with E-state index in [2.05, 4.69) is 86.4 Å². The minimum Gasteiger partial charge on any atom is -0.365 e. The van der Waals surface area contributed by atoms with E-state index in [4.69, 9.17) is 4.74 Å². The molecular formula is C69H96N4O9. The van der Waals surface area contributed by atoms with Gasteiger partial charge in [0.25, 0.3) is 0 Å². The Kier molecular flexibility index (Phi) is 23.7. The number of carbonyl (C=O) groups is 8. The van der Waals surface area contributed by atoms with Gasteiger partial charge >= 0.3 is 0 Å². The quantitative estimate of drug-likeness (QED) is 0.0805. The van der Waals surface area contributed by atoms with Crippen LogP contribution < -0.4 is 0 Å². The Morgan fingerprint density at radius 1 is 0.390 bits per heavy atom. The molecular weight excluding hydrogens is 1030 g/mol. The summed E-state index contributed by atoms with van der Waals surface area (Å²) in [6, 6.07) is 0. The van der Waals surface area contributed by atoms with E-state index >= 15 is 0 Å². The molecule has 13 heteroatoms. The monoisotopic (exact) mass is 1120 g/mol. The van der Waals surface area contributed by atoms with E-state index in [9.17, 15) is 38.4 Å². The molecule has 0 aromatic heterocycles. The minimum absolute atomic E-state index is 0.00838. The summed E-state index contributed by atoms with van der Waals surface area (Å²) in [7, 11) is 0. The normalized spacial score (nSPS) is 32.6. The molecule has 446 valence electrons. The summed E-state index contributed by atoms with van der Waals surface area (Å²) < 4.78 is 5.59. The highest BCUT2D eigenvalue weighted by Gasteiger charge is 2.62. The van der Waals surface area contributed by atoms with Crippen LogP contribution in [0.25, 0.3) is 0 Å². The summed E-state index contributed by atoms with van der Waals surface area (Å²) in [5, 5.41) is 0. The first kappa shape index (κ1) is 66.5. The van der Waals surface area contributed by atoms with Crippen molar-refractivity contribution in [1.82, 2.24) is 19.6 Å². The fraction of sp³-hybridized carbons (Fsp3) is 0.565. The third-order valence-electron chi connectivity index (χ3n) is 17.9. The van der Waals surface area contributed by atoms with Crippen LogP contribution in [0.15, 0.2) is 135 Å². The van der Waals surface area contributed by atoms with Gasteiger partial charge in [-0.1, -0.05) is 151 Å². The smallest absolute Gasteiger partial charge is 0.236 e. The predicted molar refractivity (Wildman–Crippen MR) is 325 cm³/mol. The Hall–Kier alpha value is -6.34. The van der Waals surface area contributed by atoms with Crippen LogP contribution in [0.2, 0.25) is 0 Å². The molecule has 13 nitrogen and oxygen atoms in total. The summed E-state index contributed by atoms with van der Waals surface area (Å²) in [5.41, 5.74) is 6.13. The molecule has 5 aliphatic heterocycles. The zero-order chi connectivity index (χ0) is 61.2. The van der Waals surface area contributed by atoms with Crippen LogP contribution >= 0.6 is 0 Å². The summed E-state index contributed by atoms with van der Waals surface area (Å²) >= 11 is 0. The Bertz CT molecular complexity index is 2500. The number of amides is 8. The SMILES string of the molecule is C=CC1C(=C(C)C)C(C=C)[C@@H]2C(=O)N(CCC)C(=O)[C@H]12.C=CC1C(=C(CCC)CCC)C(C=C)[C@@H]2C(=O)N(CCC)C(=O)[C@H]12.C=CC1C(=CC(C)C)C(C=C)[C@@H]2C(=O)N(CCC)C(=O)[C@H]12.C=CC1OC(C=C)[C@@H]2C(=O)N(CCC)C(=O)[C@H]12. The zero-order valence-electron chi connectivity index (χ0n) is 51.1. The van der Waals surface area contributed by atoms with Crippen LogP contribution in [-0.2, 0) is 43.1 Å². The Morgan fingerprint density at radius 3 is 0.866 bits per heavy atom. The summed E-state index contributed by atoms with van der Waals surface area (Å²) in [5.74, 6) is -2.72. The van der Waals surface area contributed by atoms with Crippen molar-refractivity contribution in [2.24, 2.45) is 88.8 Å². The Morgan fingerprint density at radius 2 is 0.646 bits per heavy atom. The van der Waals surface area contributed by atoms with Crippen LogP contribution in [0.4, 0.5) is 0 Å². The molecule has 8 unspecified atom stereocenters. The van der Waals surface area contributed by atoms with E-state index < -0.39 is 11.8 Å². The second kappa shape index (κ2) is 29.3. The number of rotatable bonds is 21. The highest BCUT2D eigenvalue weighted by molar-refractivity contribution is 6.09. The lowest BCUT2D eigenvalue weighted by atomic mass is 9.85. The van der Waals surface area contributed by atoms with Gasteiger partial charge in [-0.2, -0.15) is 0 Å². The van der Waals surface area contributed by atoms with Crippen LogP contribution in [0.1, 0.15) is 121 Å². The molecule has 0 radical (unpaired) electrons. The van der Waals surface area contributed by atoms with Gasteiger partial charge in [0, 0.05) is 61.7 Å². The van der Waals surface area contributed by atoms with Crippen molar-refractivity contribution in [2.75, 3.05) is 26.2 Å². The number of hydrogen-bond acceptors (Lipinski definition) is 9. The second-order valence-corrected chi connectivity index (χ2v) is 23.5. The van der Waals surface area contributed by atoms with E-state index in [1.165, 1.54) is 30.7 Å². The standard InChI is InChI=1S/C21H31NO2.C18H25NO2.C17H23NO2.C13H17NO3/c1-6-11-14(12-7-2)17-15(9-4)18-19(16(17)10-5)21(24)22(13-8-3)20(18)23;1-6-9-19-17(20)15-12(7-2)14(10-11(4)5)13(8-3)16(15)18(19)21;1-6-9-18-16(19)14-11(7-2)13(10(4)5)12(8-3)15(14)17(18)20;1-4-7-14-12(15)10-8(5-2)17-9(6-3)11(10)13(14)16/h9-10,15-16,18-19H,4-8,11-13H2,1-3H3;7-8,10-13,15-16H,2-3,6,9H2,1,4-5H3;7-8,11-12,14-15H,2-3,6,9H2,1,4-5H3;5-6,8-11H,2-4,7H2,1H3/t15?,16?,18-,19+;12?,13?,15-,16+;11?,12?,14-,15+;8?,9?,10-,11+. The summed E-state index contributed by atoms with van der Waals surface area (Å²) in [6.07, 6.45) is 23.1. The highest BCUT2D eigenvalue weighted by Crippen LogP contribution is 2.56. The highest BCUT2D eigenvalue weighted by atomic mass is 16.5. The first-order chi connectivity index (χ1) is 39.2. The number of fused-ring (bicyclic) bond motifs is 4. The third-order valence-corrected chi connectivity index (χ3v) is 17.9. The minimum atomic E-state index is -0.408. The number of ether oxygens (including phenoxy) is 1. The van der Waals surface area contributed by atoms with Gasteiger partial charge in [-0.3, -0.25) is 58.0 Å².